The van der Waals surface area contributed by atoms with Gasteiger partial charge in [0.2, 0.25) is 0 Å². The number of hydrogen-bond acceptors (Lipinski definition) is 3. The van der Waals surface area contributed by atoms with Crippen LogP contribution < -0.4 is 10.6 Å². The monoisotopic (exact) mass is 446 g/mol. The van der Waals surface area contributed by atoms with Gasteiger partial charge in [0.15, 0.2) is 5.96 Å². The Morgan fingerprint density at radius 3 is 2.75 bits per heavy atom. The number of rotatable bonds is 7. The maximum Gasteiger partial charge on any atom is 0.191 e. The lowest BCUT2D eigenvalue weighted by atomic mass is 9.97. The predicted molar refractivity (Wildman–Crippen MR) is 111 cm³/mol. The molecule has 1 heterocycles. The summed E-state index contributed by atoms with van der Waals surface area (Å²) in [6.45, 7) is 1.68. The van der Waals surface area contributed by atoms with Gasteiger partial charge in [0.25, 0.3) is 0 Å². The SMILES string of the molecule is CN=C(NCCC1=CCCCC1)NCC(c1ccco1)N(C)C.I. The van der Waals surface area contributed by atoms with Crippen LogP contribution in [-0.4, -0.2) is 45.1 Å². The van der Waals surface area contributed by atoms with E-state index in [0.29, 0.717) is 0 Å². The average Bonchev–Trinajstić information content (AvgIpc) is 3.08. The predicted octanol–water partition coefficient (Wildman–Crippen LogP) is 3.56. The molecule has 2 N–H and O–H groups in total. The zero-order valence-corrected chi connectivity index (χ0v) is 17.4. The number of halogens is 1. The van der Waals surface area contributed by atoms with Crippen molar-refractivity contribution in [3.05, 3.63) is 35.8 Å². The molecule has 0 saturated heterocycles. The zero-order chi connectivity index (χ0) is 16.5. The van der Waals surface area contributed by atoms with Crippen molar-refractivity contribution < 1.29 is 4.42 Å². The van der Waals surface area contributed by atoms with Crippen molar-refractivity contribution in [2.75, 3.05) is 34.2 Å². The molecule has 1 aromatic rings. The summed E-state index contributed by atoms with van der Waals surface area (Å²) in [5, 5.41) is 6.80. The van der Waals surface area contributed by atoms with Crippen LogP contribution in [0, 0.1) is 0 Å². The van der Waals surface area contributed by atoms with Gasteiger partial charge < -0.3 is 15.1 Å². The molecule has 0 aliphatic heterocycles. The van der Waals surface area contributed by atoms with Gasteiger partial charge in [-0.1, -0.05) is 11.6 Å². The Morgan fingerprint density at radius 2 is 2.17 bits per heavy atom. The lowest BCUT2D eigenvalue weighted by Crippen LogP contribution is -2.42. The smallest absolute Gasteiger partial charge is 0.191 e. The lowest BCUT2D eigenvalue weighted by Gasteiger charge is -2.24. The summed E-state index contributed by atoms with van der Waals surface area (Å²) in [5.74, 6) is 1.81. The molecule has 1 aliphatic rings. The van der Waals surface area contributed by atoms with E-state index in [1.807, 2.05) is 19.2 Å². The zero-order valence-electron chi connectivity index (χ0n) is 15.0. The third-order valence-electron chi connectivity index (χ3n) is 4.31. The molecule has 1 aliphatic carbocycles. The number of aliphatic imine (C=N–C) groups is 1. The third-order valence-corrected chi connectivity index (χ3v) is 4.31. The second-order valence-electron chi connectivity index (χ2n) is 6.23. The van der Waals surface area contributed by atoms with Crippen molar-refractivity contribution >= 4 is 29.9 Å². The normalized spacial score (nSPS) is 16.3. The topological polar surface area (TPSA) is 52.8 Å². The van der Waals surface area contributed by atoms with E-state index in [9.17, 15) is 0 Å². The fraction of sp³-hybridized carbons (Fsp3) is 0.611. The highest BCUT2D eigenvalue weighted by Crippen LogP contribution is 2.19. The Bertz CT molecular complexity index is 511. The molecule has 0 fully saturated rings. The largest absolute Gasteiger partial charge is 0.468 e. The molecule has 1 aromatic heterocycles. The molecule has 0 saturated carbocycles. The van der Waals surface area contributed by atoms with Crippen molar-refractivity contribution in [1.29, 1.82) is 0 Å². The molecule has 0 amide bonds. The quantitative estimate of drug-likeness (QED) is 0.291. The second kappa shape index (κ2) is 11.5. The lowest BCUT2D eigenvalue weighted by molar-refractivity contribution is 0.258. The first kappa shape index (κ1) is 21.0. The Kier molecular flexibility index (Phi) is 10.1. The highest BCUT2D eigenvalue weighted by molar-refractivity contribution is 14.0. The van der Waals surface area contributed by atoms with Crippen LogP contribution in [0.25, 0.3) is 0 Å². The first-order chi connectivity index (χ1) is 11.2. The van der Waals surface area contributed by atoms with E-state index >= 15 is 0 Å². The minimum atomic E-state index is 0. The molecular weight excluding hydrogens is 415 g/mol. The Morgan fingerprint density at radius 1 is 1.33 bits per heavy atom. The second-order valence-corrected chi connectivity index (χ2v) is 6.23. The standard InChI is InChI=1S/C18H30N4O.HI/c1-19-18(20-12-11-15-8-5-4-6-9-15)21-14-16(22(2)3)17-10-7-13-23-17;/h7-8,10,13,16H,4-6,9,11-12,14H2,1-3H3,(H2,19,20,21);1H. The Hall–Kier alpha value is -1.02. The molecule has 5 nitrogen and oxygen atoms in total. The number of hydrogen-bond donors (Lipinski definition) is 2. The maximum absolute atomic E-state index is 5.53. The summed E-state index contributed by atoms with van der Waals surface area (Å²) in [6.07, 6.45) is 10.4. The van der Waals surface area contributed by atoms with Crippen LogP contribution in [0.5, 0.6) is 0 Å². The highest BCUT2D eigenvalue weighted by atomic mass is 127. The van der Waals surface area contributed by atoms with Crippen molar-refractivity contribution in [2.45, 2.75) is 38.1 Å². The molecular formula is C18H31IN4O. The molecule has 6 heteroatoms. The van der Waals surface area contributed by atoms with E-state index in [1.165, 1.54) is 25.7 Å². The van der Waals surface area contributed by atoms with Crippen LogP contribution in [0.3, 0.4) is 0 Å². The summed E-state index contributed by atoms with van der Waals surface area (Å²) in [7, 11) is 5.92. The molecule has 0 bridgehead atoms. The number of furan rings is 1. The van der Waals surface area contributed by atoms with Crippen LogP contribution in [-0.2, 0) is 0 Å². The minimum absolute atomic E-state index is 0. The van der Waals surface area contributed by atoms with Gasteiger partial charge in [-0.25, -0.2) is 0 Å². The highest BCUT2D eigenvalue weighted by Gasteiger charge is 2.17. The number of guanidine groups is 1. The molecule has 136 valence electrons. The minimum Gasteiger partial charge on any atom is -0.468 e. The van der Waals surface area contributed by atoms with Crippen molar-refractivity contribution in [2.24, 2.45) is 4.99 Å². The summed E-state index contributed by atoms with van der Waals surface area (Å²) >= 11 is 0. The Labute approximate surface area is 163 Å². The van der Waals surface area contributed by atoms with E-state index < -0.39 is 0 Å². The number of allylic oxidation sites excluding steroid dienone is 1. The maximum atomic E-state index is 5.53. The molecule has 1 unspecified atom stereocenters. The first-order valence-corrected chi connectivity index (χ1v) is 8.53. The number of nitrogens with one attached hydrogen (secondary N) is 2. The summed E-state index contributed by atoms with van der Waals surface area (Å²) in [5.41, 5.74) is 1.58. The van der Waals surface area contributed by atoms with Gasteiger partial charge >= 0.3 is 0 Å². The molecule has 2 rings (SSSR count). The third kappa shape index (κ3) is 6.84. The van der Waals surface area contributed by atoms with E-state index in [2.05, 4.69) is 40.7 Å². The fourth-order valence-electron chi connectivity index (χ4n) is 2.91. The van der Waals surface area contributed by atoms with Crippen LogP contribution in [0.1, 0.15) is 43.9 Å². The van der Waals surface area contributed by atoms with Gasteiger partial charge in [-0.2, -0.15) is 0 Å². The van der Waals surface area contributed by atoms with Gasteiger partial charge in [0, 0.05) is 20.1 Å². The van der Waals surface area contributed by atoms with Crippen LogP contribution in [0.4, 0.5) is 0 Å². The fourth-order valence-corrected chi connectivity index (χ4v) is 2.91. The van der Waals surface area contributed by atoms with Gasteiger partial charge in [0.1, 0.15) is 5.76 Å². The number of nitrogens with zero attached hydrogens (tertiary/aromatic N) is 2. The summed E-state index contributed by atoms with van der Waals surface area (Å²) in [4.78, 5) is 6.45. The molecule has 1 atom stereocenters. The van der Waals surface area contributed by atoms with E-state index in [0.717, 1.165) is 31.2 Å². The van der Waals surface area contributed by atoms with E-state index in [4.69, 9.17) is 4.42 Å². The van der Waals surface area contributed by atoms with Crippen molar-refractivity contribution in [3.63, 3.8) is 0 Å². The molecule has 0 spiro atoms. The molecule has 0 aromatic carbocycles. The molecule has 0 radical (unpaired) electrons. The van der Waals surface area contributed by atoms with Gasteiger partial charge in [0.05, 0.1) is 12.3 Å². The van der Waals surface area contributed by atoms with Crippen LogP contribution in [0.15, 0.2) is 39.5 Å². The van der Waals surface area contributed by atoms with Gasteiger partial charge in [-0.15, -0.1) is 24.0 Å². The van der Waals surface area contributed by atoms with E-state index in [1.54, 1.807) is 11.8 Å². The Balaban J connectivity index is 0.00000288. The van der Waals surface area contributed by atoms with E-state index in [-0.39, 0.29) is 30.0 Å². The van der Waals surface area contributed by atoms with Crippen molar-refractivity contribution in [3.8, 4) is 0 Å². The molecule has 24 heavy (non-hydrogen) atoms. The summed E-state index contributed by atoms with van der Waals surface area (Å²) < 4.78 is 5.53. The van der Waals surface area contributed by atoms with Gasteiger partial charge in [-0.05, 0) is 58.3 Å². The summed E-state index contributed by atoms with van der Waals surface area (Å²) in [6, 6.07) is 4.12. The number of likely N-dealkylation sites (N-methyl/N-ethyl adjacent to an activating group) is 1. The van der Waals surface area contributed by atoms with Crippen molar-refractivity contribution in [1.82, 2.24) is 15.5 Å². The van der Waals surface area contributed by atoms with Crippen LogP contribution >= 0.6 is 24.0 Å². The first-order valence-electron chi connectivity index (χ1n) is 8.53. The average molecular weight is 446 g/mol. The van der Waals surface area contributed by atoms with Gasteiger partial charge in [-0.3, -0.25) is 9.89 Å². The van der Waals surface area contributed by atoms with Crippen LogP contribution in [0.2, 0.25) is 0 Å².